The van der Waals surface area contributed by atoms with E-state index in [4.69, 9.17) is 0 Å². The van der Waals surface area contributed by atoms with Gasteiger partial charge in [-0.05, 0) is 44.6 Å². The normalized spacial score (nSPS) is 22.8. The smallest absolute Gasteiger partial charge is 0.119 e. The van der Waals surface area contributed by atoms with Gasteiger partial charge in [0.25, 0.3) is 0 Å². The van der Waals surface area contributed by atoms with Gasteiger partial charge >= 0.3 is 0 Å². The molecule has 1 aromatic rings. The standard InChI is InChI=1S/C14H22N2O/c1-15-9-13(11-7-8-16(2)10-11)12-5-3-4-6-14(12)17/h3-6,11,13,15,17H,7-10H2,1-2H3. The summed E-state index contributed by atoms with van der Waals surface area (Å²) in [5, 5.41) is 13.2. The second-order valence-electron chi connectivity index (χ2n) is 5.03. The molecule has 2 N–H and O–H groups in total. The first-order valence-corrected chi connectivity index (χ1v) is 6.33. The van der Waals surface area contributed by atoms with Gasteiger partial charge in [0.1, 0.15) is 5.75 Å². The lowest BCUT2D eigenvalue weighted by atomic mass is 9.85. The zero-order valence-corrected chi connectivity index (χ0v) is 10.7. The van der Waals surface area contributed by atoms with Crippen LogP contribution < -0.4 is 5.32 Å². The second kappa shape index (κ2) is 5.52. The molecule has 0 saturated carbocycles. The number of hydrogen-bond acceptors (Lipinski definition) is 3. The number of likely N-dealkylation sites (tertiary alicyclic amines) is 1. The highest BCUT2D eigenvalue weighted by Crippen LogP contribution is 2.35. The topological polar surface area (TPSA) is 35.5 Å². The third-order valence-electron chi connectivity index (χ3n) is 3.76. The maximum absolute atomic E-state index is 9.99. The minimum Gasteiger partial charge on any atom is -0.508 e. The molecule has 0 aromatic heterocycles. The fourth-order valence-corrected chi connectivity index (χ4v) is 2.85. The summed E-state index contributed by atoms with van der Waals surface area (Å²) in [6.07, 6.45) is 1.22. The van der Waals surface area contributed by atoms with Crippen LogP contribution in [-0.2, 0) is 0 Å². The van der Waals surface area contributed by atoms with Crippen LogP contribution in [0.5, 0.6) is 5.75 Å². The van der Waals surface area contributed by atoms with Gasteiger partial charge in [-0.3, -0.25) is 0 Å². The van der Waals surface area contributed by atoms with Crippen LogP contribution in [0.3, 0.4) is 0 Å². The average molecular weight is 234 g/mol. The molecule has 0 bridgehead atoms. The van der Waals surface area contributed by atoms with Crippen LogP contribution in [0.15, 0.2) is 24.3 Å². The second-order valence-corrected chi connectivity index (χ2v) is 5.03. The molecule has 0 aliphatic carbocycles. The maximum atomic E-state index is 9.99. The Labute approximate surface area is 103 Å². The van der Waals surface area contributed by atoms with E-state index in [0.717, 1.165) is 18.7 Å². The number of phenols is 1. The minimum absolute atomic E-state index is 0.408. The average Bonchev–Trinajstić information content (AvgIpc) is 2.74. The molecule has 1 aliphatic heterocycles. The molecular formula is C14H22N2O. The van der Waals surface area contributed by atoms with Crippen molar-refractivity contribution in [1.29, 1.82) is 0 Å². The van der Waals surface area contributed by atoms with E-state index >= 15 is 0 Å². The van der Waals surface area contributed by atoms with Crippen molar-refractivity contribution < 1.29 is 5.11 Å². The molecule has 1 fully saturated rings. The molecule has 2 unspecified atom stereocenters. The van der Waals surface area contributed by atoms with E-state index in [9.17, 15) is 5.11 Å². The monoisotopic (exact) mass is 234 g/mol. The van der Waals surface area contributed by atoms with E-state index in [1.807, 2.05) is 19.2 Å². The lowest BCUT2D eigenvalue weighted by Crippen LogP contribution is -2.26. The molecule has 1 heterocycles. The highest BCUT2D eigenvalue weighted by molar-refractivity contribution is 5.35. The van der Waals surface area contributed by atoms with Gasteiger partial charge in [-0.1, -0.05) is 18.2 Å². The molecular weight excluding hydrogens is 212 g/mol. The third-order valence-corrected chi connectivity index (χ3v) is 3.76. The van der Waals surface area contributed by atoms with Crippen molar-refractivity contribution in [1.82, 2.24) is 10.2 Å². The van der Waals surface area contributed by atoms with Crippen LogP contribution in [-0.4, -0.2) is 43.7 Å². The summed E-state index contributed by atoms with van der Waals surface area (Å²) in [6, 6.07) is 7.73. The van der Waals surface area contributed by atoms with E-state index in [-0.39, 0.29) is 0 Å². The summed E-state index contributed by atoms with van der Waals surface area (Å²) in [7, 11) is 4.15. The Morgan fingerprint density at radius 2 is 2.24 bits per heavy atom. The van der Waals surface area contributed by atoms with Gasteiger partial charge in [-0.2, -0.15) is 0 Å². The number of hydrogen-bond donors (Lipinski definition) is 2. The van der Waals surface area contributed by atoms with Crippen molar-refractivity contribution in [3.05, 3.63) is 29.8 Å². The van der Waals surface area contributed by atoms with Gasteiger partial charge in [0.2, 0.25) is 0 Å². The van der Waals surface area contributed by atoms with Crippen molar-refractivity contribution >= 4 is 0 Å². The summed E-state index contributed by atoms with van der Waals surface area (Å²) in [5.74, 6) is 1.48. The molecule has 2 rings (SSSR count). The lowest BCUT2D eigenvalue weighted by Gasteiger charge is -2.24. The van der Waals surface area contributed by atoms with Gasteiger partial charge in [0.15, 0.2) is 0 Å². The maximum Gasteiger partial charge on any atom is 0.119 e. The van der Waals surface area contributed by atoms with Gasteiger partial charge in [0, 0.05) is 19.0 Å². The fraction of sp³-hybridized carbons (Fsp3) is 0.571. The summed E-state index contributed by atoms with van der Waals surface area (Å²) in [5.41, 5.74) is 1.09. The van der Waals surface area contributed by atoms with Gasteiger partial charge < -0.3 is 15.3 Å². The molecule has 3 nitrogen and oxygen atoms in total. The SMILES string of the molecule is CNCC(c1ccccc1O)C1CCN(C)C1. The Bertz CT molecular complexity index is 367. The Morgan fingerprint density at radius 3 is 2.82 bits per heavy atom. The zero-order valence-electron chi connectivity index (χ0n) is 10.7. The van der Waals surface area contributed by atoms with Crippen LogP contribution in [0.25, 0.3) is 0 Å². The van der Waals surface area contributed by atoms with Gasteiger partial charge in [0.05, 0.1) is 0 Å². The minimum atomic E-state index is 0.408. The number of para-hydroxylation sites is 1. The first kappa shape index (κ1) is 12.4. The van der Waals surface area contributed by atoms with Crippen LogP contribution >= 0.6 is 0 Å². The van der Waals surface area contributed by atoms with Gasteiger partial charge in [-0.15, -0.1) is 0 Å². The quantitative estimate of drug-likeness (QED) is 0.831. The van der Waals surface area contributed by atoms with E-state index in [1.54, 1.807) is 6.07 Å². The number of benzene rings is 1. The predicted octanol–water partition coefficient (Wildman–Crippen LogP) is 1.65. The van der Waals surface area contributed by atoms with Crippen LogP contribution in [0.4, 0.5) is 0 Å². The molecule has 1 aromatic carbocycles. The number of rotatable bonds is 4. The predicted molar refractivity (Wildman–Crippen MR) is 70.4 cm³/mol. The summed E-state index contributed by atoms with van der Waals surface area (Å²) in [6.45, 7) is 3.22. The van der Waals surface area contributed by atoms with E-state index in [0.29, 0.717) is 17.6 Å². The van der Waals surface area contributed by atoms with Crippen molar-refractivity contribution in [2.75, 3.05) is 33.7 Å². The number of nitrogens with zero attached hydrogens (tertiary/aromatic N) is 1. The first-order valence-electron chi connectivity index (χ1n) is 6.33. The van der Waals surface area contributed by atoms with Crippen molar-refractivity contribution in [3.8, 4) is 5.75 Å². The first-order chi connectivity index (χ1) is 8.22. The largest absolute Gasteiger partial charge is 0.508 e. The van der Waals surface area contributed by atoms with E-state index in [2.05, 4.69) is 23.3 Å². The molecule has 0 amide bonds. The highest BCUT2D eigenvalue weighted by Gasteiger charge is 2.29. The number of nitrogens with one attached hydrogen (secondary N) is 1. The molecule has 2 atom stereocenters. The fourth-order valence-electron chi connectivity index (χ4n) is 2.85. The number of likely N-dealkylation sites (N-methyl/N-ethyl adjacent to an activating group) is 1. The molecule has 0 radical (unpaired) electrons. The summed E-state index contributed by atoms with van der Waals surface area (Å²) >= 11 is 0. The van der Waals surface area contributed by atoms with Crippen molar-refractivity contribution in [2.45, 2.75) is 12.3 Å². The molecule has 0 spiro atoms. The molecule has 1 aliphatic rings. The molecule has 17 heavy (non-hydrogen) atoms. The molecule has 94 valence electrons. The number of phenolic OH excluding ortho intramolecular Hbond substituents is 1. The molecule has 3 heteroatoms. The summed E-state index contributed by atoms with van der Waals surface area (Å²) in [4.78, 5) is 2.37. The highest BCUT2D eigenvalue weighted by atomic mass is 16.3. The Balaban J connectivity index is 2.20. The van der Waals surface area contributed by atoms with Crippen LogP contribution in [0, 0.1) is 5.92 Å². The third kappa shape index (κ3) is 2.79. The van der Waals surface area contributed by atoms with Crippen molar-refractivity contribution in [3.63, 3.8) is 0 Å². The van der Waals surface area contributed by atoms with E-state index < -0.39 is 0 Å². The number of aromatic hydroxyl groups is 1. The Morgan fingerprint density at radius 1 is 1.47 bits per heavy atom. The van der Waals surface area contributed by atoms with Crippen LogP contribution in [0.1, 0.15) is 17.9 Å². The Hall–Kier alpha value is -1.06. The lowest BCUT2D eigenvalue weighted by molar-refractivity contribution is 0.359. The Kier molecular flexibility index (Phi) is 4.02. The zero-order chi connectivity index (χ0) is 12.3. The summed E-state index contributed by atoms with van der Waals surface area (Å²) < 4.78 is 0. The molecule has 1 saturated heterocycles. The van der Waals surface area contributed by atoms with E-state index in [1.165, 1.54) is 13.0 Å². The van der Waals surface area contributed by atoms with Crippen molar-refractivity contribution in [2.24, 2.45) is 5.92 Å². The van der Waals surface area contributed by atoms with Gasteiger partial charge in [-0.25, -0.2) is 0 Å². The van der Waals surface area contributed by atoms with Crippen LogP contribution in [0.2, 0.25) is 0 Å².